The Morgan fingerprint density at radius 2 is 2.07 bits per heavy atom. The Kier molecular flexibility index (Phi) is 7.06. The van der Waals surface area contributed by atoms with E-state index in [0.29, 0.717) is 14.8 Å². The van der Waals surface area contributed by atoms with E-state index in [0.717, 1.165) is 16.2 Å². The van der Waals surface area contributed by atoms with Gasteiger partial charge in [-0.25, -0.2) is 0 Å². The normalized spacial score (nSPS) is 12.9. The molecule has 4 nitrogen and oxygen atoms in total. The van der Waals surface area contributed by atoms with Crippen LogP contribution in [0.15, 0.2) is 41.0 Å². The molecular weight excluding hydrogens is 503 g/mol. The number of alkyl halides is 3. The highest BCUT2D eigenvalue weighted by molar-refractivity contribution is 9.10. The fraction of sp³-hybridized carbons (Fsp3) is 0.300. The van der Waals surface area contributed by atoms with Gasteiger partial charge in [0.15, 0.2) is 5.78 Å². The molecule has 0 spiro atoms. The highest BCUT2D eigenvalue weighted by Crippen LogP contribution is 2.40. The van der Waals surface area contributed by atoms with E-state index in [1.165, 1.54) is 23.5 Å². The Morgan fingerprint density at radius 3 is 2.67 bits per heavy atom. The average Bonchev–Trinajstić information content (AvgIpc) is 3.22. The number of aryl methyl sites for hydroxylation is 1. The molecule has 0 amide bonds. The van der Waals surface area contributed by atoms with E-state index < -0.39 is 17.7 Å². The highest BCUT2D eigenvalue weighted by Gasteiger charge is 2.33. The summed E-state index contributed by atoms with van der Waals surface area (Å²) >= 11 is 11.0. The number of aromatic nitrogens is 2. The Balaban J connectivity index is 1.80. The maximum atomic E-state index is 13.3. The molecule has 30 heavy (non-hydrogen) atoms. The minimum Gasteiger partial charge on any atom is -0.330 e. The maximum absolute atomic E-state index is 13.3. The molecule has 0 fully saturated rings. The van der Waals surface area contributed by atoms with Crippen molar-refractivity contribution in [2.24, 2.45) is 18.7 Å². The predicted molar refractivity (Wildman–Crippen MR) is 116 cm³/mol. The summed E-state index contributed by atoms with van der Waals surface area (Å²) in [4.78, 5) is 14.0. The van der Waals surface area contributed by atoms with Gasteiger partial charge in [-0.3, -0.25) is 9.48 Å². The van der Waals surface area contributed by atoms with Crippen molar-refractivity contribution >= 4 is 44.7 Å². The molecule has 1 atom stereocenters. The molecule has 0 aliphatic rings. The van der Waals surface area contributed by atoms with Gasteiger partial charge in [0.1, 0.15) is 0 Å². The molecule has 1 aromatic carbocycles. The Bertz CT molecular complexity index is 1040. The lowest BCUT2D eigenvalue weighted by Gasteiger charge is -2.17. The Morgan fingerprint density at radius 1 is 1.37 bits per heavy atom. The molecular formula is C20H18BrClF3N3OS. The standard InChI is InChI=1S/C20H18BrClF3N3OS/c1-28-18(14(21)10-27-28)19-15(22)8-17(30-19)16(29)7-11(9-26)6-12-4-2-3-5-13(12)20(23,24)25/h2-5,8,10-11H,6-7,9,26H2,1H3/t11-/m1/s1. The van der Waals surface area contributed by atoms with Crippen LogP contribution in [0.25, 0.3) is 10.6 Å². The second-order valence-electron chi connectivity index (χ2n) is 6.84. The monoisotopic (exact) mass is 519 g/mol. The van der Waals surface area contributed by atoms with E-state index >= 15 is 0 Å². The highest BCUT2D eigenvalue weighted by atomic mass is 79.9. The summed E-state index contributed by atoms with van der Waals surface area (Å²) in [6.45, 7) is 0.0944. The van der Waals surface area contributed by atoms with E-state index in [2.05, 4.69) is 21.0 Å². The summed E-state index contributed by atoms with van der Waals surface area (Å²) in [7, 11) is 1.76. The van der Waals surface area contributed by atoms with Gasteiger partial charge in [-0.1, -0.05) is 29.8 Å². The third-order valence-corrected chi connectivity index (χ3v) is 6.88. The third-order valence-electron chi connectivity index (χ3n) is 4.71. The number of carbonyl (C=O) groups excluding carboxylic acids is 1. The number of nitrogens with zero attached hydrogens (tertiary/aromatic N) is 2. The zero-order valence-electron chi connectivity index (χ0n) is 15.8. The minimum atomic E-state index is -4.45. The van der Waals surface area contributed by atoms with Gasteiger partial charge in [0.2, 0.25) is 0 Å². The molecule has 2 heterocycles. The van der Waals surface area contributed by atoms with E-state index in [-0.39, 0.29) is 30.7 Å². The molecule has 0 unspecified atom stereocenters. The zero-order valence-corrected chi connectivity index (χ0v) is 19.0. The zero-order chi connectivity index (χ0) is 22.1. The summed E-state index contributed by atoms with van der Waals surface area (Å²) in [5, 5.41) is 4.56. The lowest BCUT2D eigenvalue weighted by molar-refractivity contribution is -0.138. The van der Waals surface area contributed by atoms with Gasteiger partial charge in [0.25, 0.3) is 0 Å². The van der Waals surface area contributed by atoms with Crippen LogP contribution >= 0.6 is 38.9 Å². The van der Waals surface area contributed by atoms with Gasteiger partial charge >= 0.3 is 6.18 Å². The third kappa shape index (κ3) is 4.96. The van der Waals surface area contributed by atoms with E-state index in [9.17, 15) is 18.0 Å². The van der Waals surface area contributed by atoms with Crippen molar-refractivity contribution in [3.63, 3.8) is 0 Å². The van der Waals surface area contributed by atoms with Gasteiger partial charge in [-0.2, -0.15) is 18.3 Å². The minimum absolute atomic E-state index is 0.0333. The molecule has 3 aromatic rings. The Hall–Kier alpha value is -1.68. The number of Topliss-reactive ketones (excluding diaryl/α,β-unsaturated/α-hetero) is 1. The molecule has 0 bridgehead atoms. The van der Waals surface area contributed by atoms with E-state index in [4.69, 9.17) is 17.3 Å². The van der Waals surface area contributed by atoms with Crippen molar-refractivity contribution in [2.45, 2.75) is 19.0 Å². The summed E-state index contributed by atoms with van der Waals surface area (Å²) in [5.41, 5.74) is 5.97. The molecule has 10 heteroatoms. The van der Waals surface area contributed by atoms with Crippen LogP contribution in [-0.4, -0.2) is 22.1 Å². The second kappa shape index (κ2) is 9.21. The van der Waals surface area contributed by atoms with Gasteiger partial charge < -0.3 is 5.73 Å². The first-order chi connectivity index (χ1) is 14.1. The molecule has 0 aliphatic carbocycles. The molecule has 0 saturated heterocycles. The number of rotatable bonds is 7. The largest absolute Gasteiger partial charge is 0.416 e. The molecule has 0 radical (unpaired) electrons. The van der Waals surface area contributed by atoms with Crippen LogP contribution in [0.2, 0.25) is 5.02 Å². The van der Waals surface area contributed by atoms with Crippen LogP contribution in [0.4, 0.5) is 13.2 Å². The average molecular weight is 521 g/mol. The number of hydrogen-bond acceptors (Lipinski definition) is 4. The summed E-state index contributed by atoms with van der Waals surface area (Å²) < 4.78 is 42.2. The van der Waals surface area contributed by atoms with Gasteiger partial charge in [0, 0.05) is 13.5 Å². The first-order valence-corrected chi connectivity index (χ1v) is 11.0. The molecule has 160 valence electrons. The fourth-order valence-electron chi connectivity index (χ4n) is 3.22. The quantitative estimate of drug-likeness (QED) is 0.390. The van der Waals surface area contributed by atoms with Crippen molar-refractivity contribution in [1.82, 2.24) is 9.78 Å². The van der Waals surface area contributed by atoms with Gasteiger partial charge in [-0.05, 0) is 52.5 Å². The SMILES string of the molecule is Cn1ncc(Br)c1-c1sc(C(=O)C[C@H](CN)Cc2ccccc2C(F)(F)F)cc1Cl. The van der Waals surface area contributed by atoms with Crippen LogP contribution < -0.4 is 5.73 Å². The predicted octanol–water partition coefficient (Wildman–Crippen LogP) is 5.97. The van der Waals surface area contributed by atoms with Crippen molar-refractivity contribution in [2.75, 3.05) is 6.54 Å². The lowest BCUT2D eigenvalue weighted by Crippen LogP contribution is -2.22. The number of nitrogens with two attached hydrogens (primary N) is 1. The number of carbonyl (C=O) groups is 1. The van der Waals surface area contributed by atoms with Crippen molar-refractivity contribution in [3.05, 3.63) is 62.0 Å². The van der Waals surface area contributed by atoms with Crippen molar-refractivity contribution < 1.29 is 18.0 Å². The Labute approximate surface area is 189 Å². The van der Waals surface area contributed by atoms with Crippen molar-refractivity contribution in [1.29, 1.82) is 0 Å². The van der Waals surface area contributed by atoms with Crippen LogP contribution in [-0.2, 0) is 19.6 Å². The fourth-order valence-corrected chi connectivity index (χ4v) is 5.37. The summed E-state index contributed by atoms with van der Waals surface area (Å²) in [6, 6.07) is 6.95. The topological polar surface area (TPSA) is 60.9 Å². The molecule has 2 N–H and O–H groups in total. The van der Waals surface area contributed by atoms with E-state index in [1.807, 2.05) is 0 Å². The lowest BCUT2D eigenvalue weighted by atomic mass is 9.91. The first kappa shape index (κ1) is 23.0. The van der Waals surface area contributed by atoms with Crippen LogP contribution in [0.1, 0.15) is 27.2 Å². The number of halogens is 5. The number of thiophene rings is 1. The van der Waals surface area contributed by atoms with Gasteiger partial charge in [0.05, 0.1) is 36.7 Å². The molecule has 3 rings (SSSR count). The summed E-state index contributed by atoms with van der Waals surface area (Å²) in [6.07, 6.45) is -2.72. The van der Waals surface area contributed by atoms with Crippen LogP contribution in [0.3, 0.4) is 0 Å². The number of benzene rings is 1. The number of hydrogen-bond donors (Lipinski definition) is 1. The maximum Gasteiger partial charge on any atom is 0.416 e. The van der Waals surface area contributed by atoms with Gasteiger partial charge in [-0.15, -0.1) is 11.3 Å². The molecule has 2 aromatic heterocycles. The summed E-state index contributed by atoms with van der Waals surface area (Å²) in [5.74, 6) is -0.625. The van der Waals surface area contributed by atoms with Crippen molar-refractivity contribution in [3.8, 4) is 10.6 Å². The first-order valence-electron chi connectivity index (χ1n) is 8.97. The van der Waals surface area contributed by atoms with Crippen LogP contribution in [0.5, 0.6) is 0 Å². The number of ketones is 1. The van der Waals surface area contributed by atoms with E-state index in [1.54, 1.807) is 30.1 Å². The smallest absolute Gasteiger partial charge is 0.330 e. The molecule has 0 aliphatic heterocycles. The van der Waals surface area contributed by atoms with Crippen LogP contribution in [0, 0.1) is 5.92 Å². The second-order valence-corrected chi connectivity index (χ2v) is 9.15. The molecule has 0 saturated carbocycles.